The molecule has 1 aromatic heterocycles. The van der Waals surface area contributed by atoms with Crippen molar-refractivity contribution in [3.05, 3.63) is 42.0 Å². The van der Waals surface area contributed by atoms with Gasteiger partial charge in [0.15, 0.2) is 11.4 Å². The average molecular weight is 362 g/mol. The van der Waals surface area contributed by atoms with Gasteiger partial charge in [0.1, 0.15) is 16.4 Å². The Morgan fingerprint density at radius 2 is 1.92 bits per heavy atom. The van der Waals surface area contributed by atoms with Gasteiger partial charge in [-0.25, -0.2) is 8.42 Å². The van der Waals surface area contributed by atoms with E-state index in [1.54, 1.807) is 30.3 Å². The number of hydrogen-bond acceptors (Lipinski definition) is 6. The Balaban J connectivity index is 2.05. The van der Waals surface area contributed by atoms with Crippen LogP contribution in [-0.2, 0) is 16.4 Å². The maximum atomic E-state index is 12.8. The Bertz CT molecular complexity index is 1010. The smallest absolute Gasteiger partial charge is 0.266 e. The fourth-order valence-corrected chi connectivity index (χ4v) is 3.69. The Morgan fingerprint density at radius 3 is 2.60 bits per heavy atom. The molecule has 0 aliphatic carbocycles. The summed E-state index contributed by atoms with van der Waals surface area (Å²) in [6.07, 6.45) is 0.705. The number of fused-ring (bicyclic) bond motifs is 1. The molecule has 132 valence electrons. The van der Waals surface area contributed by atoms with Crippen LogP contribution in [0, 0.1) is 0 Å². The van der Waals surface area contributed by atoms with Gasteiger partial charge in [0.05, 0.1) is 19.6 Å². The number of hydrogen-bond donors (Lipinski definition) is 1. The maximum Gasteiger partial charge on any atom is 0.266 e. The summed E-state index contributed by atoms with van der Waals surface area (Å²) in [5, 5.41) is 4.33. The average Bonchev–Trinajstić information content (AvgIpc) is 3.02. The van der Waals surface area contributed by atoms with Crippen LogP contribution in [0.25, 0.3) is 11.0 Å². The van der Waals surface area contributed by atoms with Crippen molar-refractivity contribution >= 4 is 26.8 Å². The van der Waals surface area contributed by atoms with E-state index < -0.39 is 10.0 Å². The fourth-order valence-electron chi connectivity index (χ4n) is 2.45. The Morgan fingerprint density at radius 1 is 1.12 bits per heavy atom. The fraction of sp³-hybridized carbons (Fsp3) is 0.235. The molecule has 1 heterocycles. The van der Waals surface area contributed by atoms with Gasteiger partial charge in [0.25, 0.3) is 10.0 Å². The Labute approximate surface area is 145 Å². The largest absolute Gasteiger partial charge is 0.497 e. The number of aromatic nitrogens is 1. The summed E-state index contributed by atoms with van der Waals surface area (Å²) in [6.45, 7) is 1.95. The van der Waals surface area contributed by atoms with Crippen LogP contribution >= 0.6 is 0 Å². The van der Waals surface area contributed by atoms with E-state index in [4.69, 9.17) is 14.0 Å². The molecule has 0 spiro atoms. The van der Waals surface area contributed by atoms with E-state index in [-0.39, 0.29) is 16.5 Å². The number of sulfonamides is 1. The zero-order chi connectivity index (χ0) is 18.0. The number of anilines is 1. The highest BCUT2D eigenvalue weighted by atomic mass is 32.2. The second kappa shape index (κ2) is 6.64. The van der Waals surface area contributed by atoms with Crippen LogP contribution in [-0.4, -0.2) is 27.8 Å². The minimum atomic E-state index is -3.91. The van der Waals surface area contributed by atoms with E-state index in [0.717, 1.165) is 5.56 Å². The molecule has 2 aromatic carbocycles. The number of benzene rings is 2. The van der Waals surface area contributed by atoms with Crippen molar-refractivity contribution < 1.29 is 22.4 Å². The molecule has 25 heavy (non-hydrogen) atoms. The molecule has 0 aliphatic rings. The van der Waals surface area contributed by atoms with Crippen molar-refractivity contribution in [2.24, 2.45) is 0 Å². The third-order valence-corrected chi connectivity index (χ3v) is 5.19. The van der Waals surface area contributed by atoms with Gasteiger partial charge in [0, 0.05) is 0 Å². The first kappa shape index (κ1) is 17.1. The molecule has 7 nitrogen and oxygen atoms in total. The highest BCUT2D eigenvalue weighted by molar-refractivity contribution is 7.92. The second-order valence-electron chi connectivity index (χ2n) is 5.34. The molecule has 0 bridgehead atoms. The normalized spacial score (nSPS) is 11.5. The topological polar surface area (TPSA) is 90.7 Å². The molecule has 8 heteroatoms. The molecular weight excluding hydrogens is 344 g/mol. The molecule has 0 saturated heterocycles. The predicted octanol–water partition coefficient (Wildman–Crippen LogP) is 3.21. The third kappa shape index (κ3) is 3.25. The van der Waals surface area contributed by atoms with Gasteiger partial charge in [-0.3, -0.25) is 4.72 Å². The molecule has 0 fully saturated rings. The number of nitrogens with zero attached hydrogens (tertiary/aromatic N) is 1. The SMILES string of the molecule is CCc1ccc(OC)c(S(=O)(=O)Nc2noc3ccc(OC)cc23)c1. The quantitative estimate of drug-likeness (QED) is 0.724. The monoisotopic (exact) mass is 362 g/mol. The zero-order valence-electron chi connectivity index (χ0n) is 14.1. The maximum absolute atomic E-state index is 12.8. The van der Waals surface area contributed by atoms with Crippen molar-refractivity contribution in [1.82, 2.24) is 5.16 Å². The van der Waals surface area contributed by atoms with Crippen molar-refractivity contribution in [2.45, 2.75) is 18.2 Å². The molecule has 3 aromatic rings. The van der Waals surface area contributed by atoms with Crippen LogP contribution in [0.5, 0.6) is 11.5 Å². The summed E-state index contributed by atoms with van der Waals surface area (Å²) in [5.74, 6) is 0.926. The summed E-state index contributed by atoms with van der Waals surface area (Å²) in [4.78, 5) is 0.0494. The Hall–Kier alpha value is -2.74. The lowest BCUT2D eigenvalue weighted by molar-refractivity contribution is 0.402. The van der Waals surface area contributed by atoms with Gasteiger partial charge < -0.3 is 14.0 Å². The summed E-state index contributed by atoms with van der Waals surface area (Å²) in [5.41, 5.74) is 1.33. The molecule has 1 N–H and O–H groups in total. The first-order valence-corrected chi connectivity index (χ1v) is 9.10. The van der Waals surface area contributed by atoms with Crippen LogP contribution in [0.4, 0.5) is 5.82 Å². The van der Waals surface area contributed by atoms with Crippen LogP contribution in [0.1, 0.15) is 12.5 Å². The first-order valence-electron chi connectivity index (χ1n) is 7.61. The van der Waals surface area contributed by atoms with Crippen LogP contribution in [0.3, 0.4) is 0 Å². The third-order valence-electron chi connectivity index (χ3n) is 3.83. The summed E-state index contributed by atoms with van der Waals surface area (Å²) in [7, 11) is -0.954. The lowest BCUT2D eigenvalue weighted by Gasteiger charge is -2.11. The van der Waals surface area contributed by atoms with E-state index in [1.165, 1.54) is 14.2 Å². The number of methoxy groups -OCH3 is 2. The van der Waals surface area contributed by atoms with E-state index >= 15 is 0 Å². The highest BCUT2D eigenvalue weighted by Crippen LogP contribution is 2.31. The van der Waals surface area contributed by atoms with Crippen molar-refractivity contribution in [3.63, 3.8) is 0 Å². The molecule has 0 radical (unpaired) electrons. The summed E-state index contributed by atoms with van der Waals surface area (Å²) >= 11 is 0. The van der Waals surface area contributed by atoms with Gasteiger partial charge in [-0.2, -0.15) is 0 Å². The van der Waals surface area contributed by atoms with Crippen LogP contribution in [0.15, 0.2) is 45.8 Å². The van der Waals surface area contributed by atoms with Crippen molar-refractivity contribution in [2.75, 3.05) is 18.9 Å². The van der Waals surface area contributed by atoms with Gasteiger partial charge in [-0.05, 0) is 42.3 Å². The Kier molecular flexibility index (Phi) is 4.54. The standard InChI is InChI=1S/C17H18N2O5S/c1-4-11-5-7-15(23-3)16(9-11)25(20,21)19-17-13-10-12(22-2)6-8-14(13)24-18-17/h5-10H,4H2,1-3H3,(H,18,19). The molecule has 0 unspecified atom stereocenters. The molecule has 0 aliphatic heterocycles. The minimum Gasteiger partial charge on any atom is -0.497 e. The number of nitrogens with one attached hydrogen (secondary N) is 1. The van der Waals surface area contributed by atoms with Gasteiger partial charge in [-0.15, -0.1) is 0 Å². The molecule has 3 rings (SSSR count). The second-order valence-corrected chi connectivity index (χ2v) is 6.99. The predicted molar refractivity (Wildman–Crippen MR) is 93.7 cm³/mol. The zero-order valence-corrected chi connectivity index (χ0v) is 14.9. The van der Waals surface area contributed by atoms with E-state index in [0.29, 0.717) is 23.1 Å². The molecule has 0 saturated carbocycles. The van der Waals surface area contributed by atoms with Crippen molar-refractivity contribution in [3.8, 4) is 11.5 Å². The highest BCUT2D eigenvalue weighted by Gasteiger charge is 2.23. The van der Waals surface area contributed by atoms with E-state index in [1.807, 2.05) is 13.0 Å². The van der Waals surface area contributed by atoms with Crippen molar-refractivity contribution in [1.29, 1.82) is 0 Å². The van der Waals surface area contributed by atoms with Gasteiger partial charge >= 0.3 is 0 Å². The van der Waals surface area contributed by atoms with E-state index in [2.05, 4.69) is 9.88 Å². The van der Waals surface area contributed by atoms with Gasteiger partial charge in [0.2, 0.25) is 0 Å². The summed E-state index contributed by atoms with van der Waals surface area (Å²) in [6, 6.07) is 10.1. The summed E-state index contributed by atoms with van der Waals surface area (Å²) < 4.78 is 43.7. The minimum absolute atomic E-state index is 0.0494. The van der Waals surface area contributed by atoms with Gasteiger partial charge in [-0.1, -0.05) is 18.1 Å². The molecule has 0 atom stereocenters. The molecule has 0 amide bonds. The molecular formula is C17H18N2O5S. The lowest BCUT2D eigenvalue weighted by atomic mass is 10.2. The number of ether oxygens (including phenoxy) is 2. The van der Waals surface area contributed by atoms with Crippen LogP contribution in [0.2, 0.25) is 0 Å². The number of rotatable bonds is 6. The van der Waals surface area contributed by atoms with E-state index in [9.17, 15) is 8.42 Å². The lowest BCUT2D eigenvalue weighted by Crippen LogP contribution is -2.15. The first-order chi connectivity index (χ1) is 12.0. The van der Waals surface area contributed by atoms with Crippen LogP contribution < -0.4 is 14.2 Å². The number of aryl methyl sites for hydroxylation is 1.